The summed E-state index contributed by atoms with van der Waals surface area (Å²) >= 11 is 1.45. The number of hydrogen-bond acceptors (Lipinski definition) is 6. The zero-order valence-electron chi connectivity index (χ0n) is 14.2. The van der Waals surface area contributed by atoms with Crippen LogP contribution in [0.15, 0.2) is 24.3 Å². The summed E-state index contributed by atoms with van der Waals surface area (Å²) < 4.78 is 0. The van der Waals surface area contributed by atoms with Gasteiger partial charge in [0.15, 0.2) is 0 Å². The number of fused-ring (bicyclic) bond motifs is 1. The number of nitrogens with one attached hydrogen (secondary N) is 1. The molecule has 128 valence electrons. The molecule has 1 aromatic heterocycles. The van der Waals surface area contributed by atoms with Crippen LogP contribution in [0.1, 0.15) is 16.1 Å². The molecule has 0 radical (unpaired) electrons. The molecule has 2 heterocycles. The molecule has 1 N–H and O–H groups in total. The first-order chi connectivity index (χ1) is 11.6. The number of aromatic nitrogens is 2. The molecule has 6 nitrogen and oxygen atoms in total. The number of rotatable bonds is 6. The van der Waals surface area contributed by atoms with E-state index in [1.165, 1.54) is 22.5 Å². The Hall–Kier alpha value is -1.83. The van der Waals surface area contributed by atoms with Gasteiger partial charge in [-0.2, -0.15) is 0 Å². The normalized spacial score (nSPS) is 14.6. The molecule has 2 aromatic rings. The van der Waals surface area contributed by atoms with Gasteiger partial charge < -0.3 is 4.90 Å². The van der Waals surface area contributed by atoms with E-state index in [0.29, 0.717) is 11.7 Å². The van der Waals surface area contributed by atoms with E-state index in [4.69, 9.17) is 0 Å². The second-order valence-electron chi connectivity index (χ2n) is 6.33. The molecule has 0 aliphatic carbocycles. The minimum absolute atomic E-state index is 0.0234. The molecule has 3 rings (SSSR count). The minimum Gasteiger partial charge on any atom is -0.309 e. The van der Waals surface area contributed by atoms with Gasteiger partial charge >= 0.3 is 0 Å². The van der Waals surface area contributed by atoms with Crippen molar-refractivity contribution in [3.8, 4) is 0 Å². The number of anilines is 1. The average molecular weight is 345 g/mol. The largest absolute Gasteiger partial charge is 0.309 e. The standard InChI is InChI=1S/C17H23N5OS/c1-21(2)9-8-16-19-20-17(24-16)18-15(23)12-22-10-7-13-5-3-4-6-14(13)11-22/h3-6H,7-12H2,1-2H3,(H,18,20,23). The molecule has 0 unspecified atom stereocenters. The van der Waals surface area contributed by atoms with E-state index in [0.717, 1.165) is 37.5 Å². The predicted octanol–water partition coefficient (Wildman–Crippen LogP) is 1.64. The number of carbonyl (C=O) groups excluding carboxylic acids is 1. The summed E-state index contributed by atoms with van der Waals surface area (Å²) in [5.41, 5.74) is 2.71. The van der Waals surface area contributed by atoms with Crippen LogP contribution in [0.25, 0.3) is 0 Å². The first-order valence-corrected chi connectivity index (χ1v) is 8.98. The third-order valence-corrected chi connectivity index (χ3v) is 4.96. The highest BCUT2D eigenvalue weighted by Gasteiger charge is 2.18. The van der Waals surface area contributed by atoms with Gasteiger partial charge in [-0.1, -0.05) is 35.6 Å². The third-order valence-electron chi connectivity index (χ3n) is 4.06. The fraction of sp³-hybridized carbons (Fsp3) is 0.471. The lowest BCUT2D eigenvalue weighted by Crippen LogP contribution is -2.37. The molecule has 0 saturated heterocycles. The van der Waals surface area contributed by atoms with Gasteiger partial charge in [-0.25, -0.2) is 0 Å². The van der Waals surface area contributed by atoms with Gasteiger partial charge in [-0.05, 0) is 31.6 Å². The summed E-state index contributed by atoms with van der Waals surface area (Å²) in [6.45, 7) is 3.05. The van der Waals surface area contributed by atoms with Crippen LogP contribution in [-0.2, 0) is 24.2 Å². The maximum atomic E-state index is 12.2. The molecule has 0 bridgehead atoms. The number of nitrogens with zero attached hydrogens (tertiary/aromatic N) is 4. The SMILES string of the molecule is CN(C)CCc1nnc(NC(=O)CN2CCc3ccccc3C2)s1. The smallest absolute Gasteiger partial charge is 0.240 e. The number of likely N-dealkylation sites (N-methyl/N-ethyl adjacent to an activating group) is 1. The van der Waals surface area contributed by atoms with E-state index in [1.54, 1.807) is 0 Å². The monoisotopic (exact) mass is 345 g/mol. The lowest BCUT2D eigenvalue weighted by Gasteiger charge is -2.27. The number of benzene rings is 1. The lowest BCUT2D eigenvalue weighted by atomic mass is 10.00. The second kappa shape index (κ2) is 7.83. The molecule has 7 heteroatoms. The van der Waals surface area contributed by atoms with Crippen molar-refractivity contribution in [1.29, 1.82) is 0 Å². The van der Waals surface area contributed by atoms with E-state index in [9.17, 15) is 4.79 Å². The van der Waals surface area contributed by atoms with Crippen LogP contribution < -0.4 is 5.32 Å². The zero-order valence-corrected chi connectivity index (χ0v) is 15.0. The van der Waals surface area contributed by atoms with Crippen molar-refractivity contribution in [3.05, 3.63) is 40.4 Å². The summed E-state index contributed by atoms with van der Waals surface area (Å²) in [5, 5.41) is 12.6. The Morgan fingerprint density at radius 2 is 2.08 bits per heavy atom. The van der Waals surface area contributed by atoms with Crippen LogP contribution in [0.3, 0.4) is 0 Å². The topological polar surface area (TPSA) is 61.4 Å². The Morgan fingerprint density at radius 3 is 2.88 bits per heavy atom. The Morgan fingerprint density at radius 1 is 1.29 bits per heavy atom. The van der Waals surface area contributed by atoms with Crippen LogP contribution in [0.5, 0.6) is 0 Å². The summed E-state index contributed by atoms with van der Waals surface area (Å²) in [7, 11) is 4.06. The Labute approximate surface area is 146 Å². The first kappa shape index (κ1) is 17.0. The molecule has 1 aliphatic heterocycles. The molecule has 1 aromatic carbocycles. The number of carbonyl (C=O) groups is 1. The minimum atomic E-state index is -0.0234. The Balaban J connectivity index is 1.49. The van der Waals surface area contributed by atoms with Gasteiger partial charge in [0.2, 0.25) is 11.0 Å². The second-order valence-corrected chi connectivity index (χ2v) is 7.39. The van der Waals surface area contributed by atoms with Crippen molar-refractivity contribution in [2.24, 2.45) is 0 Å². The molecule has 1 aliphatic rings. The quantitative estimate of drug-likeness (QED) is 0.862. The Kier molecular flexibility index (Phi) is 5.55. The number of hydrogen-bond donors (Lipinski definition) is 1. The van der Waals surface area contributed by atoms with Gasteiger partial charge in [-0.15, -0.1) is 10.2 Å². The first-order valence-electron chi connectivity index (χ1n) is 8.16. The van der Waals surface area contributed by atoms with Crippen LogP contribution in [0.4, 0.5) is 5.13 Å². The van der Waals surface area contributed by atoms with Gasteiger partial charge in [0.05, 0.1) is 6.54 Å². The van der Waals surface area contributed by atoms with Crippen molar-refractivity contribution < 1.29 is 4.79 Å². The summed E-state index contributed by atoms with van der Waals surface area (Å²) in [6, 6.07) is 8.44. The molecule has 0 spiro atoms. The number of amides is 1. The maximum Gasteiger partial charge on any atom is 0.240 e. The fourth-order valence-corrected chi connectivity index (χ4v) is 3.52. The van der Waals surface area contributed by atoms with Crippen LogP contribution in [0.2, 0.25) is 0 Å². The fourth-order valence-electron chi connectivity index (χ4n) is 2.78. The van der Waals surface area contributed by atoms with Gasteiger partial charge in [0, 0.05) is 26.1 Å². The highest BCUT2D eigenvalue weighted by Crippen LogP contribution is 2.19. The average Bonchev–Trinajstić information content (AvgIpc) is 3.00. The van der Waals surface area contributed by atoms with Crippen molar-refractivity contribution in [2.75, 3.05) is 39.0 Å². The van der Waals surface area contributed by atoms with Gasteiger partial charge in [0.1, 0.15) is 5.01 Å². The van der Waals surface area contributed by atoms with E-state index in [2.05, 4.69) is 49.6 Å². The maximum absolute atomic E-state index is 12.2. The van der Waals surface area contributed by atoms with Gasteiger partial charge in [0.25, 0.3) is 0 Å². The summed E-state index contributed by atoms with van der Waals surface area (Å²) in [6.07, 6.45) is 1.85. The highest BCUT2D eigenvalue weighted by atomic mass is 32.1. The highest BCUT2D eigenvalue weighted by molar-refractivity contribution is 7.15. The van der Waals surface area contributed by atoms with Crippen LogP contribution in [-0.4, -0.2) is 59.6 Å². The molecular weight excluding hydrogens is 322 g/mol. The summed E-state index contributed by atoms with van der Waals surface area (Å²) in [5.74, 6) is -0.0234. The predicted molar refractivity (Wildman–Crippen MR) is 96.2 cm³/mol. The molecule has 24 heavy (non-hydrogen) atoms. The van der Waals surface area contributed by atoms with Gasteiger partial charge in [-0.3, -0.25) is 15.0 Å². The van der Waals surface area contributed by atoms with Crippen LogP contribution >= 0.6 is 11.3 Å². The third kappa shape index (κ3) is 4.59. The van der Waals surface area contributed by atoms with E-state index in [-0.39, 0.29) is 5.91 Å². The van der Waals surface area contributed by atoms with E-state index in [1.807, 2.05) is 14.1 Å². The van der Waals surface area contributed by atoms with Crippen molar-refractivity contribution in [2.45, 2.75) is 19.4 Å². The van der Waals surface area contributed by atoms with E-state index >= 15 is 0 Å². The van der Waals surface area contributed by atoms with E-state index < -0.39 is 0 Å². The zero-order chi connectivity index (χ0) is 16.9. The van der Waals surface area contributed by atoms with Crippen molar-refractivity contribution in [3.63, 3.8) is 0 Å². The molecular formula is C17H23N5OS. The molecule has 0 atom stereocenters. The molecule has 1 amide bonds. The van der Waals surface area contributed by atoms with Crippen LogP contribution in [0, 0.1) is 0 Å². The van der Waals surface area contributed by atoms with Crippen molar-refractivity contribution in [1.82, 2.24) is 20.0 Å². The van der Waals surface area contributed by atoms with Crippen molar-refractivity contribution >= 4 is 22.4 Å². The Bertz CT molecular complexity index is 700. The molecule has 0 fully saturated rings. The molecule has 0 saturated carbocycles. The summed E-state index contributed by atoms with van der Waals surface area (Å²) in [4.78, 5) is 16.5. The lowest BCUT2D eigenvalue weighted by molar-refractivity contribution is -0.117.